The largest absolute Gasteiger partial charge is 0.365 e. The number of amides is 1. The zero-order chi connectivity index (χ0) is 10.1. The van der Waals surface area contributed by atoms with Crippen molar-refractivity contribution in [2.24, 2.45) is 5.73 Å². The molecule has 0 spiro atoms. The summed E-state index contributed by atoms with van der Waals surface area (Å²) in [7, 11) is 0. The maximum absolute atomic E-state index is 11.9. The van der Waals surface area contributed by atoms with Gasteiger partial charge in [-0.3, -0.25) is 4.79 Å². The van der Waals surface area contributed by atoms with Crippen LogP contribution in [-0.2, 0) is 0 Å². The summed E-state index contributed by atoms with van der Waals surface area (Å²) in [6, 6.07) is 1.97. The van der Waals surface area contributed by atoms with Crippen molar-refractivity contribution in [2.75, 3.05) is 13.1 Å². The lowest BCUT2D eigenvalue weighted by atomic mass is 10.2. The van der Waals surface area contributed by atoms with Crippen LogP contribution in [0.1, 0.15) is 22.5 Å². The SMILES string of the molecule is Cc1[nH]ccc1C(=O)N1CC[C@@H](N)C1.Cl. The van der Waals surface area contributed by atoms with Crippen LogP contribution in [0, 0.1) is 6.92 Å². The number of aromatic nitrogens is 1. The van der Waals surface area contributed by atoms with Gasteiger partial charge in [0.15, 0.2) is 0 Å². The zero-order valence-electron chi connectivity index (χ0n) is 8.69. The minimum Gasteiger partial charge on any atom is -0.365 e. The molecule has 0 saturated carbocycles. The summed E-state index contributed by atoms with van der Waals surface area (Å²) in [6.45, 7) is 3.37. The van der Waals surface area contributed by atoms with E-state index in [1.165, 1.54) is 0 Å². The second-order valence-electron chi connectivity index (χ2n) is 3.82. The number of H-pyrrole nitrogens is 1. The first kappa shape index (κ1) is 12.1. The highest BCUT2D eigenvalue weighted by molar-refractivity contribution is 5.95. The molecule has 5 heteroatoms. The monoisotopic (exact) mass is 229 g/mol. The molecular formula is C10H16ClN3O. The molecule has 0 bridgehead atoms. The van der Waals surface area contributed by atoms with Gasteiger partial charge in [0.1, 0.15) is 0 Å². The molecule has 1 fully saturated rings. The van der Waals surface area contributed by atoms with Crippen LogP contribution < -0.4 is 5.73 Å². The Bertz CT molecular complexity index is 350. The first-order valence-corrected chi connectivity index (χ1v) is 4.87. The second kappa shape index (κ2) is 4.68. The van der Waals surface area contributed by atoms with Gasteiger partial charge in [-0.2, -0.15) is 0 Å². The van der Waals surface area contributed by atoms with Crippen LogP contribution in [0.5, 0.6) is 0 Å². The fraction of sp³-hybridized carbons (Fsp3) is 0.500. The van der Waals surface area contributed by atoms with Gasteiger partial charge in [0.2, 0.25) is 0 Å². The van der Waals surface area contributed by atoms with Gasteiger partial charge in [-0.05, 0) is 19.4 Å². The van der Waals surface area contributed by atoms with Crippen molar-refractivity contribution in [3.63, 3.8) is 0 Å². The van der Waals surface area contributed by atoms with Crippen molar-refractivity contribution in [1.29, 1.82) is 0 Å². The minimum atomic E-state index is 0. The third-order valence-corrected chi connectivity index (χ3v) is 2.70. The fourth-order valence-electron chi connectivity index (χ4n) is 1.83. The lowest BCUT2D eigenvalue weighted by Gasteiger charge is -2.15. The fourth-order valence-corrected chi connectivity index (χ4v) is 1.83. The maximum Gasteiger partial charge on any atom is 0.255 e. The van der Waals surface area contributed by atoms with E-state index in [0.29, 0.717) is 6.54 Å². The number of nitrogens with two attached hydrogens (primary N) is 1. The van der Waals surface area contributed by atoms with E-state index in [0.717, 1.165) is 24.2 Å². The van der Waals surface area contributed by atoms with Crippen molar-refractivity contribution in [3.8, 4) is 0 Å². The van der Waals surface area contributed by atoms with Crippen LogP contribution in [-0.4, -0.2) is 34.9 Å². The van der Waals surface area contributed by atoms with E-state index in [2.05, 4.69) is 4.98 Å². The Balaban J connectivity index is 0.00000112. The molecule has 1 aliphatic rings. The van der Waals surface area contributed by atoms with Crippen LogP contribution in [0.25, 0.3) is 0 Å². The molecule has 2 rings (SSSR count). The van der Waals surface area contributed by atoms with E-state index >= 15 is 0 Å². The van der Waals surface area contributed by atoms with Gasteiger partial charge in [-0.15, -0.1) is 12.4 Å². The van der Waals surface area contributed by atoms with Gasteiger partial charge in [-0.25, -0.2) is 0 Å². The molecule has 1 atom stereocenters. The van der Waals surface area contributed by atoms with E-state index in [-0.39, 0.29) is 24.4 Å². The Morgan fingerprint density at radius 2 is 2.40 bits per heavy atom. The predicted molar refractivity (Wildman–Crippen MR) is 61.3 cm³/mol. The maximum atomic E-state index is 11.9. The minimum absolute atomic E-state index is 0. The molecule has 0 aromatic carbocycles. The molecule has 1 aromatic rings. The normalized spacial score (nSPS) is 20.1. The van der Waals surface area contributed by atoms with Gasteiger partial charge in [0.05, 0.1) is 5.56 Å². The summed E-state index contributed by atoms with van der Waals surface area (Å²) in [4.78, 5) is 16.8. The summed E-state index contributed by atoms with van der Waals surface area (Å²) in [5.74, 6) is 0.0942. The van der Waals surface area contributed by atoms with Gasteiger partial charge >= 0.3 is 0 Å². The Morgan fingerprint density at radius 3 is 2.87 bits per heavy atom. The van der Waals surface area contributed by atoms with Crippen molar-refractivity contribution >= 4 is 18.3 Å². The third kappa shape index (κ3) is 2.33. The molecule has 1 saturated heterocycles. The second-order valence-corrected chi connectivity index (χ2v) is 3.82. The third-order valence-electron chi connectivity index (χ3n) is 2.70. The summed E-state index contributed by atoms with van der Waals surface area (Å²) in [6.07, 6.45) is 2.70. The highest BCUT2D eigenvalue weighted by atomic mass is 35.5. The topological polar surface area (TPSA) is 62.1 Å². The van der Waals surface area contributed by atoms with E-state index < -0.39 is 0 Å². The van der Waals surface area contributed by atoms with Crippen molar-refractivity contribution in [3.05, 3.63) is 23.5 Å². The highest BCUT2D eigenvalue weighted by Gasteiger charge is 2.25. The number of aromatic amines is 1. The van der Waals surface area contributed by atoms with Gasteiger partial charge in [0, 0.05) is 31.0 Å². The number of nitrogens with one attached hydrogen (secondary N) is 1. The number of halogens is 1. The Kier molecular flexibility index (Phi) is 3.77. The first-order chi connectivity index (χ1) is 6.68. The van der Waals surface area contributed by atoms with E-state index in [4.69, 9.17) is 5.73 Å². The van der Waals surface area contributed by atoms with Crippen molar-refractivity contribution < 1.29 is 4.79 Å². The van der Waals surface area contributed by atoms with Gasteiger partial charge < -0.3 is 15.6 Å². The van der Waals surface area contributed by atoms with Crippen LogP contribution in [0.15, 0.2) is 12.3 Å². The van der Waals surface area contributed by atoms with E-state index in [1.54, 1.807) is 6.20 Å². The standard InChI is InChI=1S/C10H15N3O.ClH/c1-7-9(2-4-12-7)10(14)13-5-3-8(11)6-13;/h2,4,8,12H,3,5-6,11H2,1H3;1H/t8-;/m1./s1. The quantitative estimate of drug-likeness (QED) is 0.752. The Hall–Kier alpha value is -1.00. The van der Waals surface area contributed by atoms with Crippen LogP contribution in [0.4, 0.5) is 0 Å². The molecule has 15 heavy (non-hydrogen) atoms. The van der Waals surface area contributed by atoms with Gasteiger partial charge in [-0.1, -0.05) is 0 Å². The molecule has 1 aliphatic heterocycles. The number of aryl methyl sites for hydroxylation is 1. The molecule has 4 nitrogen and oxygen atoms in total. The summed E-state index contributed by atoms with van der Waals surface area (Å²) in [5, 5.41) is 0. The lowest BCUT2D eigenvalue weighted by molar-refractivity contribution is 0.0790. The summed E-state index contributed by atoms with van der Waals surface area (Å²) in [5.41, 5.74) is 7.44. The predicted octanol–water partition coefficient (Wildman–Crippen LogP) is 0.918. The van der Waals surface area contributed by atoms with Crippen LogP contribution >= 0.6 is 12.4 Å². The molecule has 1 amide bonds. The summed E-state index contributed by atoms with van der Waals surface area (Å²) < 4.78 is 0. The Morgan fingerprint density at radius 1 is 1.67 bits per heavy atom. The molecule has 1 aromatic heterocycles. The molecule has 2 heterocycles. The number of nitrogens with zero attached hydrogens (tertiary/aromatic N) is 1. The van der Waals surface area contributed by atoms with E-state index in [9.17, 15) is 4.79 Å². The molecule has 84 valence electrons. The average Bonchev–Trinajstić information content (AvgIpc) is 2.73. The Labute approximate surface area is 95.2 Å². The van der Waals surface area contributed by atoms with Crippen molar-refractivity contribution in [2.45, 2.75) is 19.4 Å². The number of carbonyl (C=O) groups is 1. The molecular weight excluding hydrogens is 214 g/mol. The zero-order valence-corrected chi connectivity index (χ0v) is 9.51. The van der Waals surface area contributed by atoms with Crippen molar-refractivity contribution in [1.82, 2.24) is 9.88 Å². The molecule has 0 radical (unpaired) electrons. The smallest absolute Gasteiger partial charge is 0.255 e. The van der Waals surface area contributed by atoms with Gasteiger partial charge in [0.25, 0.3) is 5.91 Å². The summed E-state index contributed by atoms with van der Waals surface area (Å²) >= 11 is 0. The lowest BCUT2D eigenvalue weighted by Crippen LogP contribution is -2.32. The van der Waals surface area contributed by atoms with Crippen LogP contribution in [0.3, 0.4) is 0 Å². The molecule has 0 aliphatic carbocycles. The van der Waals surface area contributed by atoms with Crippen LogP contribution in [0.2, 0.25) is 0 Å². The number of hydrogen-bond donors (Lipinski definition) is 2. The van der Waals surface area contributed by atoms with E-state index in [1.807, 2.05) is 17.9 Å². The highest BCUT2D eigenvalue weighted by Crippen LogP contribution is 2.14. The number of likely N-dealkylation sites (tertiary alicyclic amines) is 1. The number of carbonyl (C=O) groups excluding carboxylic acids is 1. The number of hydrogen-bond acceptors (Lipinski definition) is 2. The number of rotatable bonds is 1. The molecule has 3 N–H and O–H groups in total. The molecule has 0 unspecified atom stereocenters. The first-order valence-electron chi connectivity index (χ1n) is 4.87. The average molecular weight is 230 g/mol.